The molecule has 1 amide bonds. The van der Waals surface area contributed by atoms with Gasteiger partial charge in [0.2, 0.25) is 0 Å². The van der Waals surface area contributed by atoms with Crippen LogP contribution in [0.2, 0.25) is 0 Å². The molecule has 1 rings (SSSR count). The predicted molar refractivity (Wildman–Crippen MR) is 67.6 cm³/mol. The minimum atomic E-state index is -0.458. The molecule has 0 atom stereocenters. The molecule has 17 heavy (non-hydrogen) atoms. The van der Waals surface area contributed by atoms with Crippen molar-refractivity contribution in [1.29, 1.82) is 0 Å². The zero-order chi connectivity index (χ0) is 13.2. The highest BCUT2D eigenvalue weighted by Gasteiger charge is 2.27. The van der Waals surface area contributed by atoms with E-state index in [4.69, 9.17) is 10.5 Å². The van der Waals surface area contributed by atoms with Crippen LogP contribution in [-0.4, -0.2) is 26.0 Å². The molecule has 0 unspecified atom stereocenters. The second-order valence-electron chi connectivity index (χ2n) is 3.81. The van der Waals surface area contributed by atoms with E-state index < -0.39 is 5.97 Å². The van der Waals surface area contributed by atoms with Crippen LogP contribution in [0.15, 0.2) is 0 Å². The third-order valence-electron chi connectivity index (χ3n) is 2.37. The lowest BCUT2D eigenvalue weighted by molar-refractivity contribution is 0.0605. The summed E-state index contributed by atoms with van der Waals surface area (Å²) < 4.78 is 4.69. The third kappa shape index (κ3) is 2.41. The van der Waals surface area contributed by atoms with Gasteiger partial charge in [0.05, 0.1) is 17.7 Å². The van der Waals surface area contributed by atoms with Gasteiger partial charge >= 0.3 is 5.97 Å². The Morgan fingerprint density at radius 3 is 2.41 bits per heavy atom. The van der Waals surface area contributed by atoms with Crippen LogP contribution < -0.4 is 11.1 Å². The summed E-state index contributed by atoms with van der Waals surface area (Å²) >= 11 is 1.09. The first-order valence-electron chi connectivity index (χ1n) is 5.16. The lowest BCUT2D eigenvalue weighted by Crippen LogP contribution is -2.20. The Balaban J connectivity index is 3.45. The zero-order valence-electron chi connectivity index (χ0n) is 10.3. The third-order valence-corrected chi connectivity index (χ3v) is 3.39. The number of nitrogen functional groups attached to an aromatic ring is 1. The van der Waals surface area contributed by atoms with E-state index in [0.29, 0.717) is 21.0 Å². The Labute approximate surface area is 104 Å². The monoisotopic (exact) mass is 256 g/mol. The number of amides is 1. The van der Waals surface area contributed by atoms with Crippen LogP contribution in [0, 0.1) is 0 Å². The number of methoxy groups -OCH3 is 1. The highest BCUT2D eigenvalue weighted by Crippen LogP contribution is 2.36. The van der Waals surface area contributed by atoms with E-state index >= 15 is 0 Å². The smallest absolute Gasteiger partial charge is 0.348 e. The number of nitrogens with two attached hydrogens (primary N) is 1. The number of esters is 1. The Morgan fingerprint density at radius 2 is 2.00 bits per heavy atom. The van der Waals surface area contributed by atoms with Gasteiger partial charge in [0.25, 0.3) is 5.91 Å². The average Bonchev–Trinajstić information content (AvgIpc) is 2.64. The molecular formula is C11H16N2O3S. The fraction of sp³-hybridized carbons (Fsp3) is 0.455. The Bertz CT molecular complexity index is 452. The first kappa shape index (κ1) is 13.5. The molecule has 0 bridgehead atoms. The highest BCUT2D eigenvalue weighted by atomic mass is 32.1. The van der Waals surface area contributed by atoms with Gasteiger partial charge in [0.1, 0.15) is 4.88 Å². The van der Waals surface area contributed by atoms with Gasteiger partial charge in [-0.3, -0.25) is 4.79 Å². The van der Waals surface area contributed by atoms with Crippen LogP contribution in [0.5, 0.6) is 0 Å². The zero-order valence-corrected chi connectivity index (χ0v) is 11.1. The number of thiophene rings is 1. The van der Waals surface area contributed by atoms with E-state index in [1.54, 1.807) is 0 Å². The molecule has 1 aromatic rings. The summed E-state index contributed by atoms with van der Waals surface area (Å²) in [6, 6.07) is 0. The molecule has 5 nitrogen and oxygen atoms in total. The molecule has 0 spiro atoms. The summed E-state index contributed by atoms with van der Waals surface area (Å²) in [6.45, 7) is 3.81. The SMILES string of the molecule is CNC(=O)c1c(N)sc(C(=O)OC)c1C(C)C. The van der Waals surface area contributed by atoms with Gasteiger partial charge < -0.3 is 15.8 Å². The van der Waals surface area contributed by atoms with Gasteiger partial charge in [0, 0.05) is 7.05 Å². The molecule has 0 saturated heterocycles. The van der Waals surface area contributed by atoms with Crippen LogP contribution in [0.25, 0.3) is 0 Å². The number of carbonyl (C=O) groups is 2. The molecule has 1 heterocycles. The van der Waals surface area contributed by atoms with E-state index in [9.17, 15) is 9.59 Å². The van der Waals surface area contributed by atoms with Gasteiger partial charge in [-0.05, 0) is 11.5 Å². The van der Waals surface area contributed by atoms with Crippen LogP contribution in [0.3, 0.4) is 0 Å². The molecule has 0 aliphatic carbocycles. The summed E-state index contributed by atoms with van der Waals surface area (Å²) in [7, 11) is 2.84. The Hall–Kier alpha value is -1.56. The maximum Gasteiger partial charge on any atom is 0.348 e. The normalized spacial score (nSPS) is 10.4. The maximum atomic E-state index is 11.7. The molecule has 94 valence electrons. The average molecular weight is 256 g/mol. The molecule has 0 aromatic carbocycles. The van der Waals surface area contributed by atoms with Crippen LogP contribution >= 0.6 is 11.3 Å². The summed E-state index contributed by atoms with van der Waals surface area (Å²) in [5.74, 6) is -0.719. The van der Waals surface area contributed by atoms with Gasteiger partial charge in [-0.2, -0.15) is 0 Å². The molecular weight excluding hydrogens is 240 g/mol. The van der Waals surface area contributed by atoms with Crippen molar-refractivity contribution in [1.82, 2.24) is 5.32 Å². The quantitative estimate of drug-likeness (QED) is 0.805. The van der Waals surface area contributed by atoms with E-state index in [1.165, 1.54) is 14.2 Å². The standard InChI is InChI=1S/C11H16N2O3S/c1-5(2)6-7(10(14)13-3)9(12)17-8(6)11(15)16-4/h5H,12H2,1-4H3,(H,13,14). The van der Waals surface area contributed by atoms with E-state index in [2.05, 4.69) is 5.32 Å². The maximum absolute atomic E-state index is 11.7. The van der Waals surface area contributed by atoms with Crippen LogP contribution in [0.4, 0.5) is 5.00 Å². The fourth-order valence-electron chi connectivity index (χ4n) is 1.62. The first-order chi connectivity index (χ1) is 7.93. The molecule has 6 heteroatoms. The number of hydrogen-bond donors (Lipinski definition) is 2. The van der Waals surface area contributed by atoms with Crippen molar-refractivity contribution in [2.75, 3.05) is 19.9 Å². The fourth-order valence-corrected chi connectivity index (χ4v) is 2.76. The molecule has 0 fully saturated rings. The summed E-state index contributed by atoms with van der Waals surface area (Å²) in [6.07, 6.45) is 0. The van der Waals surface area contributed by atoms with Crippen molar-refractivity contribution in [3.63, 3.8) is 0 Å². The molecule has 0 aliphatic heterocycles. The largest absolute Gasteiger partial charge is 0.465 e. The number of hydrogen-bond acceptors (Lipinski definition) is 5. The summed E-state index contributed by atoms with van der Waals surface area (Å²) in [5.41, 5.74) is 6.83. The highest BCUT2D eigenvalue weighted by molar-refractivity contribution is 7.18. The summed E-state index contributed by atoms with van der Waals surface area (Å²) in [4.78, 5) is 23.8. The topological polar surface area (TPSA) is 81.4 Å². The molecule has 3 N–H and O–H groups in total. The number of anilines is 1. The molecule has 0 radical (unpaired) electrons. The second kappa shape index (κ2) is 5.18. The van der Waals surface area contributed by atoms with Gasteiger partial charge in [-0.15, -0.1) is 11.3 Å². The van der Waals surface area contributed by atoms with Gasteiger partial charge in [-0.25, -0.2) is 4.79 Å². The van der Waals surface area contributed by atoms with Gasteiger partial charge in [-0.1, -0.05) is 13.8 Å². The van der Waals surface area contributed by atoms with Crippen molar-refractivity contribution in [2.24, 2.45) is 0 Å². The van der Waals surface area contributed by atoms with Crippen molar-refractivity contribution < 1.29 is 14.3 Å². The molecule has 0 aliphatic rings. The van der Waals surface area contributed by atoms with Crippen molar-refractivity contribution in [3.8, 4) is 0 Å². The number of nitrogens with one attached hydrogen (secondary N) is 1. The van der Waals surface area contributed by atoms with Crippen molar-refractivity contribution >= 4 is 28.2 Å². The minimum Gasteiger partial charge on any atom is -0.465 e. The van der Waals surface area contributed by atoms with E-state index in [1.807, 2.05) is 13.8 Å². The minimum absolute atomic E-state index is 0.0185. The van der Waals surface area contributed by atoms with Crippen LogP contribution in [0.1, 0.15) is 45.4 Å². The van der Waals surface area contributed by atoms with Crippen molar-refractivity contribution in [3.05, 3.63) is 16.0 Å². The second-order valence-corrected chi connectivity index (χ2v) is 4.86. The lowest BCUT2D eigenvalue weighted by Gasteiger charge is -2.09. The lowest BCUT2D eigenvalue weighted by atomic mass is 9.98. The number of carbonyl (C=O) groups excluding carboxylic acids is 2. The van der Waals surface area contributed by atoms with E-state index in [0.717, 1.165) is 11.3 Å². The Kier molecular flexibility index (Phi) is 4.11. The van der Waals surface area contributed by atoms with Crippen LogP contribution in [-0.2, 0) is 4.74 Å². The Morgan fingerprint density at radius 1 is 1.41 bits per heavy atom. The number of rotatable bonds is 3. The molecule has 1 aromatic heterocycles. The van der Waals surface area contributed by atoms with Crippen molar-refractivity contribution in [2.45, 2.75) is 19.8 Å². The molecule has 0 saturated carbocycles. The summed E-state index contributed by atoms with van der Waals surface area (Å²) in [5, 5.41) is 2.86. The van der Waals surface area contributed by atoms with E-state index in [-0.39, 0.29) is 11.8 Å². The predicted octanol–water partition coefficient (Wildman–Crippen LogP) is 1.60. The van der Waals surface area contributed by atoms with Gasteiger partial charge in [0.15, 0.2) is 0 Å². The first-order valence-corrected chi connectivity index (χ1v) is 5.98. The number of ether oxygens (including phenoxy) is 1.